The van der Waals surface area contributed by atoms with Crippen LogP contribution in [0.1, 0.15) is 89.3 Å². The molecule has 0 aliphatic carbocycles. The van der Waals surface area contributed by atoms with Crippen molar-refractivity contribution in [1.82, 2.24) is 9.80 Å². The molecule has 1 aliphatic rings. The molecule has 3 amide bonds. The van der Waals surface area contributed by atoms with Crippen molar-refractivity contribution < 1.29 is 45.8 Å². The van der Waals surface area contributed by atoms with E-state index in [1.54, 1.807) is 34.7 Å². The van der Waals surface area contributed by atoms with Gasteiger partial charge in [0.15, 0.2) is 0 Å². The molecule has 0 radical (unpaired) electrons. The van der Waals surface area contributed by atoms with E-state index >= 15 is 0 Å². The number of nitrogens with zero attached hydrogens (tertiary/aromatic N) is 2. The van der Waals surface area contributed by atoms with Crippen LogP contribution < -0.4 is 4.74 Å². The highest BCUT2D eigenvalue weighted by Gasteiger charge is 2.71. The Balaban J connectivity index is 2.03. The fraction of sp³-hybridized carbons (Fsp3) is 0.714. The number of hydrogen-bond donors (Lipinski definition) is 1. The number of carbonyl (C=O) groups excluding carboxylic acids is 2. The summed E-state index contributed by atoms with van der Waals surface area (Å²) in [5, 5.41) is 9.95. The Morgan fingerprint density at radius 3 is 1.75 bits per heavy atom. The zero-order valence-electron chi connectivity index (χ0n) is 23.8. The van der Waals surface area contributed by atoms with Gasteiger partial charge < -0.3 is 14.7 Å². The number of ether oxygens (including phenoxy) is 1. The summed E-state index contributed by atoms with van der Waals surface area (Å²) in [6.07, 6.45) is -7.07. The number of halogens is 6. The standard InChI is InChI=1S/C28H40F6N2O4/c1-6-13-19-17-21(26(39,27(29,30)31)28(32,33)34)18-20(14-7-2)22(19)40-16-12-10-8-9-11-15-36-23(37)25(3,4)35(5)24(36)38/h17-18,39H,6-16H2,1-5H3. The molecule has 1 heterocycles. The molecule has 1 saturated heterocycles. The first kappa shape index (κ1) is 33.7. The van der Waals surface area contributed by atoms with Gasteiger partial charge in [0.2, 0.25) is 0 Å². The second-order valence-electron chi connectivity index (χ2n) is 10.8. The summed E-state index contributed by atoms with van der Waals surface area (Å²) in [6, 6.07) is 1.21. The van der Waals surface area contributed by atoms with Crippen LogP contribution in [0.5, 0.6) is 5.75 Å². The maximum absolute atomic E-state index is 13.5. The molecule has 1 aromatic rings. The predicted molar refractivity (Wildman–Crippen MR) is 138 cm³/mol. The van der Waals surface area contributed by atoms with Crippen LogP contribution in [0, 0.1) is 0 Å². The second-order valence-corrected chi connectivity index (χ2v) is 10.8. The average molecular weight is 583 g/mol. The quantitative estimate of drug-likeness (QED) is 0.147. The first-order valence-electron chi connectivity index (χ1n) is 13.7. The highest BCUT2D eigenvalue weighted by Crippen LogP contribution is 2.51. The van der Waals surface area contributed by atoms with Gasteiger partial charge in [0.05, 0.1) is 6.61 Å². The second kappa shape index (κ2) is 13.0. The summed E-state index contributed by atoms with van der Waals surface area (Å²) in [7, 11) is 1.60. The van der Waals surface area contributed by atoms with Gasteiger partial charge in [-0.25, -0.2) is 4.79 Å². The number of benzene rings is 1. The van der Waals surface area contributed by atoms with Crippen LogP contribution in [-0.2, 0) is 23.2 Å². The topological polar surface area (TPSA) is 70.1 Å². The summed E-state index contributed by atoms with van der Waals surface area (Å²) in [6.45, 7) is 7.45. The van der Waals surface area contributed by atoms with Crippen molar-refractivity contribution in [1.29, 1.82) is 0 Å². The number of aryl methyl sites for hydroxylation is 2. The van der Waals surface area contributed by atoms with Crippen LogP contribution in [-0.4, -0.2) is 64.9 Å². The summed E-state index contributed by atoms with van der Waals surface area (Å²) >= 11 is 0. The number of likely N-dealkylation sites (N-methyl/N-ethyl adjacent to an activating group) is 1. The normalized spacial score (nSPS) is 16.3. The Bertz CT molecular complexity index is 998. The molecule has 0 saturated carbocycles. The van der Waals surface area contributed by atoms with Crippen LogP contribution >= 0.6 is 0 Å². The van der Waals surface area contributed by atoms with Crippen molar-refractivity contribution >= 4 is 11.9 Å². The lowest BCUT2D eigenvalue weighted by molar-refractivity contribution is -0.376. The smallest absolute Gasteiger partial charge is 0.430 e. The summed E-state index contributed by atoms with van der Waals surface area (Å²) in [4.78, 5) is 27.4. The van der Waals surface area contributed by atoms with Gasteiger partial charge in [-0.1, -0.05) is 46.0 Å². The van der Waals surface area contributed by atoms with Gasteiger partial charge in [0.25, 0.3) is 11.5 Å². The van der Waals surface area contributed by atoms with E-state index < -0.39 is 29.1 Å². The maximum atomic E-state index is 13.5. The van der Waals surface area contributed by atoms with E-state index in [0.717, 1.165) is 31.4 Å². The third kappa shape index (κ3) is 6.86. The molecule has 0 unspecified atom stereocenters. The van der Waals surface area contributed by atoms with Crippen LogP contribution in [0.25, 0.3) is 0 Å². The van der Waals surface area contributed by atoms with Crippen molar-refractivity contribution in [2.75, 3.05) is 20.2 Å². The number of hydrogen-bond acceptors (Lipinski definition) is 4. The monoisotopic (exact) mass is 582 g/mol. The number of imide groups is 1. The summed E-state index contributed by atoms with van der Waals surface area (Å²) in [5.41, 5.74) is -6.71. The Morgan fingerprint density at radius 1 is 0.850 bits per heavy atom. The van der Waals surface area contributed by atoms with Crippen molar-refractivity contribution in [2.24, 2.45) is 0 Å². The number of alkyl halides is 6. The van der Waals surface area contributed by atoms with Crippen molar-refractivity contribution in [2.45, 2.75) is 109 Å². The van der Waals surface area contributed by atoms with Crippen molar-refractivity contribution in [3.8, 4) is 5.75 Å². The van der Waals surface area contributed by atoms with E-state index in [0.29, 0.717) is 32.2 Å². The zero-order valence-corrected chi connectivity index (χ0v) is 23.8. The van der Waals surface area contributed by atoms with E-state index in [2.05, 4.69) is 0 Å². The van der Waals surface area contributed by atoms with Gasteiger partial charge in [-0.15, -0.1) is 0 Å². The van der Waals surface area contributed by atoms with Crippen LogP contribution in [0.15, 0.2) is 12.1 Å². The largest absolute Gasteiger partial charge is 0.493 e. The molecule has 1 aliphatic heterocycles. The Kier molecular flexibility index (Phi) is 10.9. The molecule has 0 aromatic heterocycles. The molecule has 228 valence electrons. The number of unbranched alkanes of at least 4 members (excludes halogenated alkanes) is 4. The van der Waals surface area contributed by atoms with E-state index in [4.69, 9.17) is 4.74 Å². The zero-order chi connectivity index (χ0) is 30.5. The lowest BCUT2D eigenvalue weighted by atomic mass is 9.87. The van der Waals surface area contributed by atoms with E-state index in [1.807, 2.05) is 0 Å². The molecule has 6 nitrogen and oxygen atoms in total. The summed E-state index contributed by atoms with van der Waals surface area (Å²) in [5.74, 6) is 0.0473. The SMILES string of the molecule is CCCc1cc(C(O)(C(F)(F)F)C(F)(F)F)cc(CCC)c1OCCCCCCCN1C(=O)N(C)C(C)(C)C1=O. The predicted octanol–water partition coefficient (Wildman–Crippen LogP) is 6.91. The minimum absolute atomic E-state index is 0.186. The van der Waals surface area contributed by atoms with Crippen LogP contribution in [0.2, 0.25) is 0 Å². The number of carbonyl (C=O) groups is 2. The highest BCUT2D eigenvalue weighted by atomic mass is 19.4. The van der Waals surface area contributed by atoms with Gasteiger partial charge in [0.1, 0.15) is 11.3 Å². The van der Waals surface area contributed by atoms with Gasteiger partial charge in [0, 0.05) is 19.2 Å². The fourth-order valence-corrected chi connectivity index (χ4v) is 4.80. The first-order valence-corrected chi connectivity index (χ1v) is 13.7. The Hall–Kier alpha value is -2.50. The minimum atomic E-state index is -5.96. The van der Waals surface area contributed by atoms with Gasteiger partial charge in [-0.2, -0.15) is 26.3 Å². The first-order chi connectivity index (χ1) is 18.4. The Labute approximate surface area is 231 Å². The number of rotatable bonds is 14. The van der Waals surface area contributed by atoms with Crippen molar-refractivity contribution in [3.63, 3.8) is 0 Å². The molecule has 0 atom stereocenters. The van der Waals surface area contributed by atoms with Crippen LogP contribution in [0.3, 0.4) is 0 Å². The molecule has 0 spiro atoms. The van der Waals surface area contributed by atoms with Crippen molar-refractivity contribution in [3.05, 3.63) is 28.8 Å². The molecule has 0 bridgehead atoms. The molecule has 1 aromatic carbocycles. The third-order valence-electron chi connectivity index (χ3n) is 7.42. The third-order valence-corrected chi connectivity index (χ3v) is 7.42. The minimum Gasteiger partial charge on any atom is -0.493 e. The number of urea groups is 1. The molecular weight excluding hydrogens is 542 g/mol. The Morgan fingerprint density at radius 2 is 1.32 bits per heavy atom. The van der Waals surface area contributed by atoms with E-state index in [1.165, 1.54) is 9.80 Å². The van der Waals surface area contributed by atoms with Crippen LogP contribution in [0.4, 0.5) is 31.1 Å². The van der Waals surface area contributed by atoms with Gasteiger partial charge in [-0.05, 0) is 62.8 Å². The number of amides is 3. The van der Waals surface area contributed by atoms with Gasteiger partial charge >= 0.3 is 18.4 Å². The van der Waals surface area contributed by atoms with E-state index in [-0.39, 0.29) is 48.3 Å². The van der Waals surface area contributed by atoms with Gasteiger partial charge in [-0.3, -0.25) is 9.69 Å². The lowest BCUT2D eigenvalue weighted by Crippen LogP contribution is -2.54. The molecular formula is C28H40F6N2O4. The lowest BCUT2D eigenvalue weighted by Gasteiger charge is -2.33. The highest BCUT2D eigenvalue weighted by molar-refractivity contribution is 6.06. The van der Waals surface area contributed by atoms with E-state index in [9.17, 15) is 41.0 Å². The number of aliphatic hydroxyl groups is 1. The average Bonchev–Trinajstić information content (AvgIpc) is 2.99. The molecule has 2 rings (SSSR count). The maximum Gasteiger partial charge on any atom is 0.430 e. The molecule has 1 fully saturated rings. The molecule has 12 heteroatoms. The molecule has 1 N–H and O–H groups in total. The summed E-state index contributed by atoms with van der Waals surface area (Å²) < 4.78 is 87.1. The molecule has 40 heavy (non-hydrogen) atoms. The fourth-order valence-electron chi connectivity index (χ4n) is 4.80.